The van der Waals surface area contributed by atoms with Crippen molar-refractivity contribution in [2.45, 2.75) is 63.2 Å². The Bertz CT molecular complexity index is 452. The summed E-state index contributed by atoms with van der Waals surface area (Å²) in [5, 5.41) is 0. The van der Waals surface area contributed by atoms with Crippen LogP contribution in [0.3, 0.4) is 0 Å². The molecule has 1 heterocycles. The predicted molar refractivity (Wildman–Crippen MR) is 79.8 cm³/mol. The first-order valence-corrected chi connectivity index (χ1v) is 7.84. The first-order chi connectivity index (χ1) is 9.69. The van der Waals surface area contributed by atoms with Crippen LogP contribution in [0.4, 0.5) is 0 Å². The number of ether oxygens (including phenoxy) is 2. The van der Waals surface area contributed by atoms with Gasteiger partial charge in [-0.1, -0.05) is 31.0 Å². The quantitative estimate of drug-likeness (QED) is 0.917. The second-order valence-electron chi connectivity index (χ2n) is 6.30. The van der Waals surface area contributed by atoms with Gasteiger partial charge in [-0.15, -0.1) is 0 Å². The second kappa shape index (κ2) is 5.74. The summed E-state index contributed by atoms with van der Waals surface area (Å²) in [6, 6.07) is 8.14. The molecule has 1 spiro atoms. The largest absolute Gasteiger partial charge is 0.490 e. The summed E-state index contributed by atoms with van der Waals surface area (Å²) in [5.74, 6) is 0.947. The molecule has 2 unspecified atom stereocenters. The zero-order valence-corrected chi connectivity index (χ0v) is 12.3. The molecule has 2 fully saturated rings. The summed E-state index contributed by atoms with van der Waals surface area (Å²) >= 11 is 0. The van der Waals surface area contributed by atoms with Gasteiger partial charge >= 0.3 is 0 Å². The molecule has 110 valence electrons. The van der Waals surface area contributed by atoms with Crippen molar-refractivity contribution in [1.29, 1.82) is 0 Å². The van der Waals surface area contributed by atoms with Gasteiger partial charge in [-0.05, 0) is 25.8 Å². The lowest BCUT2D eigenvalue weighted by molar-refractivity contribution is -0.108. The molecule has 1 saturated heterocycles. The zero-order chi connectivity index (χ0) is 14.0. The van der Waals surface area contributed by atoms with Gasteiger partial charge in [0.2, 0.25) is 0 Å². The van der Waals surface area contributed by atoms with E-state index in [2.05, 4.69) is 6.07 Å². The molecular weight excluding hydrogens is 250 g/mol. The lowest BCUT2D eigenvalue weighted by Crippen LogP contribution is -2.41. The Balaban J connectivity index is 1.71. The summed E-state index contributed by atoms with van der Waals surface area (Å²) in [4.78, 5) is 0. The van der Waals surface area contributed by atoms with Crippen LogP contribution in [-0.4, -0.2) is 18.3 Å². The van der Waals surface area contributed by atoms with Gasteiger partial charge in [-0.25, -0.2) is 0 Å². The van der Waals surface area contributed by atoms with E-state index in [1.54, 1.807) is 0 Å². The van der Waals surface area contributed by atoms with Gasteiger partial charge in [-0.3, -0.25) is 0 Å². The first kappa shape index (κ1) is 13.9. The summed E-state index contributed by atoms with van der Waals surface area (Å²) in [6.07, 6.45) is 7.26. The van der Waals surface area contributed by atoms with Gasteiger partial charge in [0, 0.05) is 24.4 Å². The van der Waals surface area contributed by atoms with Gasteiger partial charge in [0.05, 0.1) is 12.2 Å². The fourth-order valence-electron chi connectivity index (χ4n) is 3.59. The van der Waals surface area contributed by atoms with Gasteiger partial charge in [-0.2, -0.15) is 0 Å². The van der Waals surface area contributed by atoms with Crippen LogP contribution in [0.2, 0.25) is 0 Å². The number of hydrogen-bond donors (Lipinski definition) is 1. The van der Waals surface area contributed by atoms with Crippen LogP contribution < -0.4 is 10.5 Å². The molecular formula is C17H25NO2. The van der Waals surface area contributed by atoms with Crippen LogP contribution in [-0.2, 0) is 4.74 Å². The van der Waals surface area contributed by atoms with Crippen molar-refractivity contribution in [2.24, 2.45) is 5.73 Å². The Morgan fingerprint density at radius 3 is 2.80 bits per heavy atom. The van der Waals surface area contributed by atoms with E-state index in [1.165, 1.54) is 25.7 Å². The lowest BCUT2D eigenvalue weighted by Gasteiger charge is -2.38. The summed E-state index contributed by atoms with van der Waals surface area (Å²) in [5.41, 5.74) is 7.23. The Morgan fingerprint density at radius 2 is 2.05 bits per heavy atom. The summed E-state index contributed by atoms with van der Waals surface area (Å²) in [6.45, 7) is 2.83. The van der Waals surface area contributed by atoms with Crippen LogP contribution >= 0.6 is 0 Å². The van der Waals surface area contributed by atoms with Crippen LogP contribution in [0.25, 0.3) is 0 Å². The SMILES string of the molecule is CC(N)c1ccccc1OC1CCOC2(CCCC2)C1. The van der Waals surface area contributed by atoms with Crippen molar-refractivity contribution >= 4 is 0 Å². The van der Waals surface area contributed by atoms with E-state index in [0.29, 0.717) is 0 Å². The molecule has 1 aromatic carbocycles. The summed E-state index contributed by atoms with van der Waals surface area (Å²) in [7, 11) is 0. The number of rotatable bonds is 3. The zero-order valence-electron chi connectivity index (χ0n) is 12.3. The number of hydrogen-bond acceptors (Lipinski definition) is 3. The fraction of sp³-hybridized carbons (Fsp3) is 0.647. The molecule has 20 heavy (non-hydrogen) atoms. The maximum absolute atomic E-state index is 6.27. The van der Waals surface area contributed by atoms with E-state index < -0.39 is 0 Å². The van der Waals surface area contributed by atoms with Crippen LogP contribution in [0.15, 0.2) is 24.3 Å². The molecule has 1 aliphatic carbocycles. The lowest BCUT2D eigenvalue weighted by atomic mass is 9.90. The van der Waals surface area contributed by atoms with Gasteiger partial charge in [0.1, 0.15) is 11.9 Å². The first-order valence-electron chi connectivity index (χ1n) is 7.84. The van der Waals surface area contributed by atoms with E-state index in [1.807, 2.05) is 25.1 Å². The molecule has 0 bridgehead atoms. The molecule has 3 heteroatoms. The van der Waals surface area contributed by atoms with Crippen molar-refractivity contribution < 1.29 is 9.47 Å². The summed E-state index contributed by atoms with van der Waals surface area (Å²) < 4.78 is 12.3. The molecule has 0 radical (unpaired) electrons. The van der Waals surface area contributed by atoms with E-state index in [-0.39, 0.29) is 17.7 Å². The van der Waals surface area contributed by atoms with Crippen molar-refractivity contribution in [3.63, 3.8) is 0 Å². The highest BCUT2D eigenvalue weighted by atomic mass is 16.5. The Labute approximate surface area is 121 Å². The molecule has 2 atom stereocenters. The van der Waals surface area contributed by atoms with Crippen LogP contribution in [0, 0.1) is 0 Å². The van der Waals surface area contributed by atoms with E-state index in [0.717, 1.165) is 30.8 Å². The fourth-order valence-corrected chi connectivity index (χ4v) is 3.59. The average molecular weight is 275 g/mol. The van der Waals surface area contributed by atoms with Crippen molar-refractivity contribution in [3.8, 4) is 5.75 Å². The standard InChI is InChI=1S/C17H25NO2/c1-13(18)15-6-2-3-7-16(15)20-14-8-11-19-17(12-14)9-4-5-10-17/h2-3,6-7,13-14H,4-5,8-12,18H2,1H3. The number of benzene rings is 1. The Hall–Kier alpha value is -1.06. The maximum atomic E-state index is 6.27. The highest BCUT2D eigenvalue weighted by Crippen LogP contribution is 2.41. The minimum atomic E-state index is 0.00600. The molecule has 0 aromatic heterocycles. The molecule has 2 aliphatic rings. The van der Waals surface area contributed by atoms with E-state index >= 15 is 0 Å². The second-order valence-corrected chi connectivity index (χ2v) is 6.30. The smallest absolute Gasteiger partial charge is 0.124 e. The van der Waals surface area contributed by atoms with Crippen molar-refractivity contribution in [3.05, 3.63) is 29.8 Å². The number of nitrogens with two attached hydrogens (primary N) is 1. The van der Waals surface area contributed by atoms with Gasteiger partial charge < -0.3 is 15.2 Å². The molecule has 0 amide bonds. The maximum Gasteiger partial charge on any atom is 0.124 e. The highest BCUT2D eigenvalue weighted by Gasteiger charge is 2.40. The Morgan fingerprint density at radius 1 is 1.30 bits per heavy atom. The average Bonchev–Trinajstić information content (AvgIpc) is 2.87. The molecule has 1 aromatic rings. The Kier molecular flexibility index (Phi) is 3.99. The molecule has 2 N–H and O–H groups in total. The van der Waals surface area contributed by atoms with Crippen molar-refractivity contribution in [1.82, 2.24) is 0 Å². The van der Waals surface area contributed by atoms with Gasteiger partial charge in [0.25, 0.3) is 0 Å². The third kappa shape index (κ3) is 2.84. The predicted octanol–water partition coefficient (Wildman–Crippen LogP) is 3.58. The monoisotopic (exact) mass is 275 g/mol. The molecule has 1 aliphatic heterocycles. The number of para-hydroxylation sites is 1. The molecule has 1 saturated carbocycles. The topological polar surface area (TPSA) is 44.5 Å². The van der Waals surface area contributed by atoms with Crippen molar-refractivity contribution in [2.75, 3.05) is 6.61 Å². The third-order valence-electron chi connectivity index (χ3n) is 4.67. The minimum absolute atomic E-state index is 0.00600. The van der Waals surface area contributed by atoms with E-state index in [9.17, 15) is 0 Å². The third-order valence-corrected chi connectivity index (χ3v) is 4.67. The molecule has 3 nitrogen and oxygen atoms in total. The molecule has 3 rings (SSSR count). The van der Waals surface area contributed by atoms with Gasteiger partial charge in [0.15, 0.2) is 0 Å². The van der Waals surface area contributed by atoms with Crippen LogP contribution in [0.5, 0.6) is 5.75 Å². The van der Waals surface area contributed by atoms with Crippen LogP contribution in [0.1, 0.15) is 57.1 Å². The highest BCUT2D eigenvalue weighted by molar-refractivity contribution is 5.35. The van der Waals surface area contributed by atoms with E-state index in [4.69, 9.17) is 15.2 Å². The normalized spacial score (nSPS) is 26.6. The minimum Gasteiger partial charge on any atom is -0.490 e.